The van der Waals surface area contributed by atoms with Gasteiger partial charge in [0.05, 0.1) is 14.2 Å². The van der Waals surface area contributed by atoms with Crippen LogP contribution in [0.1, 0.15) is 37.2 Å². The van der Waals surface area contributed by atoms with Crippen LogP contribution in [0.25, 0.3) is 0 Å². The molecule has 1 atom stereocenters. The number of benzene rings is 1. The summed E-state index contributed by atoms with van der Waals surface area (Å²) < 4.78 is 10.7. The molecule has 0 spiro atoms. The molecule has 0 radical (unpaired) electrons. The van der Waals surface area contributed by atoms with Gasteiger partial charge in [0.15, 0.2) is 11.5 Å². The summed E-state index contributed by atoms with van der Waals surface area (Å²) in [5.74, 6) is 3.04. The first-order valence-corrected chi connectivity index (χ1v) is 7.70. The summed E-state index contributed by atoms with van der Waals surface area (Å²) in [5, 5.41) is 1.02. The van der Waals surface area contributed by atoms with Gasteiger partial charge in [0.25, 0.3) is 0 Å². The molecule has 100 valence electrons. The Morgan fingerprint density at radius 1 is 1.17 bits per heavy atom. The van der Waals surface area contributed by atoms with Gasteiger partial charge in [-0.3, -0.25) is 0 Å². The Morgan fingerprint density at radius 2 is 1.83 bits per heavy atom. The van der Waals surface area contributed by atoms with Gasteiger partial charge in [0, 0.05) is 5.33 Å². The molecule has 1 aliphatic carbocycles. The molecule has 1 fully saturated rings. The predicted octanol–water partition coefficient (Wildman–Crippen LogP) is 4.37. The van der Waals surface area contributed by atoms with Crippen molar-refractivity contribution in [2.45, 2.75) is 31.6 Å². The van der Waals surface area contributed by atoms with Gasteiger partial charge in [-0.1, -0.05) is 34.8 Å². The highest BCUT2D eigenvalue weighted by Crippen LogP contribution is 2.40. The summed E-state index contributed by atoms with van der Waals surface area (Å²) in [6.45, 7) is 0. The maximum absolute atomic E-state index is 5.39. The first kappa shape index (κ1) is 13.7. The largest absolute Gasteiger partial charge is 0.493 e. The van der Waals surface area contributed by atoms with Crippen molar-refractivity contribution in [3.8, 4) is 11.5 Å². The molecule has 1 aromatic rings. The van der Waals surface area contributed by atoms with E-state index in [-0.39, 0.29) is 0 Å². The smallest absolute Gasteiger partial charge is 0.160 e. The van der Waals surface area contributed by atoms with Crippen LogP contribution in [0, 0.1) is 5.92 Å². The summed E-state index contributed by atoms with van der Waals surface area (Å²) in [6.07, 6.45) is 5.46. The second-order valence-corrected chi connectivity index (χ2v) is 5.57. The number of ether oxygens (including phenoxy) is 2. The van der Waals surface area contributed by atoms with Gasteiger partial charge in [-0.25, -0.2) is 0 Å². The highest BCUT2D eigenvalue weighted by molar-refractivity contribution is 9.09. The van der Waals surface area contributed by atoms with Crippen molar-refractivity contribution in [3.63, 3.8) is 0 Å². The van der Waals surface area contributed by atoms with Crippen LogP contribution in [0.5, 0.6) is 11.5 Å². The molecule has 1 unspecified atom stereocenters. The standard InChI is InChI=1S/C15H21BrO2/c1-17-14-8-7-12(9-15(14)18-2)13(10-16)11-5-3-4-6-11/h7-9,11,13H,3-6,10H2,1-2H3. The Kier molecular flexibility index (Phi) is 4.93. The lowest BCUT2D eigenvalue weighted by molar-refractivity contribution is 0.353. The van der Waals surface area contributed by atoms with Crippen LogP contribution in [0.15, 0.2) is 18.2 Å². The Hall–Kier alpha value is -0.700. The zero-order chi connectivity index (χ0) is 13.0. The Bertz CT molecular complexity index is 386. The molecule has 0 N–H and O–H groups in total. The fraction of sp³-hybridized carbons (Fsp3) is 0.600. The summed E-state index contributed by atoms with van der Waals surface area (Å²) in [5.41, 5.74) is 1.36. The van der Waals surface area contributed by atoms with Crippen molar-refractivity contribution >= 4 is 15.9 Å². The normalized spacial score (nSPS) is 17.7. The molecule has 1 aromatic carbocycles. The van der Waals surface area contributed by atoms with E-state index in [9.17, 15) is 0 Å². The van der Waals surface area contributed by atoms with Crippen molar-refractivity contribution in [1.29, 1.82) is 0 Å². The van der Waals surface area contributed by atoms with Crippen molar-refractivity contribution in [3.05, 3.63) is 23.8 Å². The molecular formula is C15H21BrO2. The summed E-state index contributed by atoms with van der Waals surface area (Å²) in [7, 11) is 3.37. The first-order valence-electron chi connectivity index (χ1n) is 6.58. The molecule has 1 aliphatic rings. The lowest BCUT2D eigenvalue weighted by atomic mass is 9.86. The molecule has 0 saturated heterocycles. The van der Waals surface area contributed by atoms with E-state index in [4.69, 9.17) is 9.47 Å². The van der Waals surface area contributed by atoms with E-state index in [0.29, 0.717) is 5.92 Å². The lowest BCUT2D eigenvalue weighted by Gasteiger charge is -2.22. The molecule has 18 heavy (non-hydrogen) atoms. The zero-order valence-electron chi connectivity index (χ0n) is 11.1. The van der Waals surface area contributed by atoms with Crippen molar-refractivity contribution in [2.75, 3.05) is 19.5 Å². The molecule has 3 heteroatoms. The molecule has 1 saturated carbocycles. The number of hydrogen-bond acceptors (Lipinski definition) is 2. The molecule has 0 amide bonds. The molecule has 0 aromatic heterocycles. The molecule has 0 heterocycles. The number of methoxy groups -OCH3 is 2. The molecule has 2 nitrogen and oxygen atoms in total. The van der Waals surface area contributed by atoms with Gasteiger partial charge in [-0.15, -0.1) is 0 Å². The van der Waals surface area contributed by atoms with E-state index in [0.717, 1.165) is 22.7 Å². The molecule has 2 rings (SSSR count). The SMILES string of the molecule is COc1ccc(C(CBr)C2CCCC2)cc1OC. The quantitative estimate of drug-likeness (QED) is 0.751. The monoisotopic (exact) mass is 312 g/mol. The van der Waals surface area contributed by atoms with Crippen molar-refractivity contribution in [1.82, 2.24) is 0 Å². The van der Waals surface area contributed by atoms with Crippen LogP contribution in [0.4, 0.5) is 0 Å². The van der Waals surface area contributed by atoms with E-state index in [2.05, 4.69) is 28.1 Å². The van der Waals surface area contributed by atoms with E-state index >= 15 is 0 Å². The molecular weight excluding hydrogens is 292 g/mol. The average Bonchev–Trinajstić information content (AvgIpc) is 2.93. The third-order valence-electron chi connectivity index (χ3n) is 3.97. The minimum atomic E-state index is 0.590. The summed E-state index contributed by atoms with van der Waals surface area (Å²) in [4.78, 5) is 0. The van der Waals surface area contributed by atoms with E-state index < -0.39 is 0 Å². The van der Waals surface area contributed by atoms with Gasteiger partial charge in [0.2, 0.25) is 0 Å². The van der Waals surface area contributed by atoms with Gasteiger partial charge in [0.1, 0.15) is 0 Å². The van der Waals surface area contributed by atoms with E-state index in [1.54, 1.807) is 14.2 Å². The second kappa shape index (κ2) is 6.46. The van der Waals surface area contributed by atoms with Crippen LogP contribution < -0.4 is 9.47 Å². The second-order valence-electron chi connectivity index (χ2n) is 4.92. The third kappa shape index (κ3) is 2.82. The van der Waals surface area contributed by atoms with Crippen LogP contribution >= 0.6 is 15.9 Å². The minimum absolute atomic E-state index is 0.590. The number of alkyl halides is 1. The fourth-order valence-electron chi connectivity index (χ4n) is 2.93. The van der Waals surface area contributed by atoms with Gasteiger partial charge < -0.3 is 9.47 Å². The van der Waals surface area contributed by atoms with E-state index in [1.807, 2.05) is 6.07 Å². The lowest BCUT2D eigenvalue weighted by Crippen LogP contribution is -2.11. The van der Waals surface area contributed by atoms with Gasteiger partial charge in [-0.05, 0) is 42.4 Å². The highest BCUT2D eigenvalue weighted by Gasteiger charge is 2.26. The molecule has 0 bridgehead atoms. The highest BCUT2D eigenvalue weighted by atomic mass is 79.9. The minimum Gasteiger partial charge on any atom is -0.493 e. The number of hydrogen-bond donors (Lipinski definition) is 0. The average molecular weight is 313 g/mol. The Labute approximate surface area is 118 Å². The van der Waals surface area contributed by atoms with Crippen molar-refractivity contribution in [2.24, 2.45) is 5.92 Å². The van der Waals surface area contributed by atoms with Gasteiger partial charge >= 0.3 is 0 Å². The predicted molar refractivity (Wildman–Crippen MR) is 78.0 cm³/mol. The van der Waals surface area contributed by atoms with Crippen LogP contribution in [-0.4, -0.2) is 19.5 Å². The fourth-order valence-corrected chi connectivity index (χ4v) is 3.83. The van der Waals surface area contributed by atoms with Crippen LogP contribution in [0.3, 0.4) is 0 Å². The third-order valence-corrected chi connectivity index (χ3v) is 4.67. The number of halogens is 1. The zero-order valence-corrected chi connectivity index (χ0v) is 12.7. The first-order chi connectivity index (χ1) is 8.80. The Morgan fingerprint density at radius 3 is 2.39 bits per heavy atom. The van der Waals surface area contributed by atoms with Gasteiger partial charge in [-0.2, -0.15) is 0 Å². The van der Waals surface area contributed by atoms with E-state index in [1.165, 1.54) is 31.2 Å². The maximum Gasteiger partial charge on any atom is 0.160 e. The summed E-state index contributed by atoms with van der Waals surface area (Å²) in [6, 6.07) is 6.31. The van der Waals surface area contributed by atoms with Crippen LogP contribution in [0.2, 0.25) is 0 Å². The van der Waals surface area contributed by atoms with Crippen molar-refractivity contribution < 1.29 is 9.47 Å². The Balaban J connectivity index is 2.24. The maximum atomic E-state index is 5.39. The molecule has 0 aliphatic heterocycles. The number of rotatable bonds is 5. The summed E-state index contributed by atoms with van der Waals surface area (Å²) >= 11 is 3.67. The topological polar surface area (TPSA) is 18.5 Å². The van der Waals surface area contributed by atoms with Crippen LogP contribution in [-0.2, 0) is 0 Å².